The Labute approximate surface area is 94.0 Å². The van der Waals surface area contributed by atoms with Gasteiger partial charge in [0.05, 0.1) is 0 Å². The molecule has 0 aromatic heterocycles. The van der Waals surface area contributed by atoms with Crippen LogP contribution in [0.25, 0.3) is 0 Å². The highest BCUT2D eigenvalue weighted by atomic mass is 15.0. The van der Waals surface area contributed by atoms with Crippen molar-refractivity contribution in [3.05, 3.63) is 0 Å². The van der Waals surface area contributed by atoms with Gasteiger partial charge in [0.1, 0.15) is 0 Å². The molecule has 0 aromatic carbocycles. The zero-order chi connectivity index (χ0) is 10.4. The molecule has 2 aliphatic carbocycles. The number of nitrogens with one attached hydrogen (secondary N) is 1. The van der Waals surface area contributed by atoms with Crippen LogP contribution >= 0.6 is 0 Å². The third-order valence-electron chi connectivity index (χ3n) is 5.58. The van der Waals surface area contributed by atoms with E-state index in [9.17, 15) is 0 Å². The average Bonchev–Trinajstić information content (AvgIpc) is 2.52. The number of fused-ring (bicyclic) bond motifs is 2. The van der Waals surface area contributed by atoms with E-state index in [0.717, 1.165) is 35.8 Å². The van der Waals surface area contributed by atoms with Gasteiger partial charge in [0, 0.05) is 12.1 Å². The van der Waals surface area contributed by atoms with Crippen LogP contribution in [0.5, 0.6) is 0 Å². The van der Waals surface area contributed by atoms with Gasteiger partial charge in [-0.3, -0.25) is 0 Å². The lowest BCUT2D eigenvalue weighted by Gasteiger charge is -2.43. The van der Waals surface area contributed by atoms with Gasteiger partial charge in [-0.25, -0.2) is 0 Å². The van der Waals surface area contributed by atoms with Crippen molar-refractivity contribution in [2.24, 2.45) is 23.7 Å². The fraction of sp³-hybridized carbons (Fsp3) is 1.00. The summed E-state index contributed by atoms with van der Waals surface area (Å²) in [6.45, 7) is 4.81. The lowest BCUT2D eigenvalue weighted by Crippen LogP contribution is -2.36. The molecule has 0 aromatic rings. The maximum atomic E-state index is 3.77. The van der Waals surface area contributed by atoms with E-state index in [4.69, 9.17) is 0 Å². The molecule has 1 heteroatoms. The fourth-order valence-electron chi connectivity index (χ4n) is 4.77. The molecule has 0 spiro atoms. The van der Waals surface area contributed by atoms with Crippen molar-refractivity contribution in [2.45, 2.75) is 64.5 Å². The topological polar surface area (TPSA) is 12.0 Å². The summed E-state index contributed by atoms with van der Waals surface area (Å²) in [6, 6.07) is 1.57. The van der Waals surface area contributed by atoms with Crippen LogP contribution in [-0.4, -0.2) is 12.1 Å². The van der Waals surface area contributed by atoms with Crippen LogP contribution in [0.15, 0.2) is 0 Å². The van der Waals surface area contributed by atoms with Crippen LogP contribution in [-0.2, 0) is 0 Å². The minimum Gasteiger partial charge on any atom is -0.311 e. The van der Waals surface area contributed by atoms with Gasteiger partial charge in [-0.1, -0.05) is 25.7 Å². The molecule has 0 amide bonds. The van der Waals surface area contributed by atoms with E-state index in [2.05, 4.69) is 19.2 Å². The SMILES string of the molecule is CC1N[C@@H](C)C2CC3CCCCC3CC12. The molecule has 1 N–H and O–H groups in total. The number of hydrogen-bond acceptors (Lipinski definition) is 1. The van der Waals surface area contributed by atoms with Crippen LogP contribution in [0.1, 0.15) is 52.4 Å². The van der Waals surface area contributed by atoms with Gasteiger partial charge < -0.3 is 5.32 Å². The molecule has 1 aliphatic heterocycles. The van der Waals surface area contributed by atoms with Crippen molar-refractivity contribution < 1.29 is 0 Å². The van der Waals surface area contributed by atoms with Crippen molar-refractivity contribution in [3.8, 4) is 0 Å². The third kappa shape index (κ3) is 1.63. The monoisotopic (exact) mass is 207 g/mol. The van der Waals surface area contributed by atoms with Gasteiger partial charge in [-0.2, -0.15) is 0 Å². The standard InChI is InChI=1S/C14H25N/c1-9-13-7-11-5-3-4-6-12(11)8-14(13)10(2)15-9/h9-15H,3-8H2,1-2H3/t9-,10?,11?,12?,13?,14?/m0/s1. The van der Waals surface area contributed by atoms with Crippen LogP contribution in [0.3, 0.4) is 0 Å². The summed E-state index contributed by atoms with van der Waals surface area (Å²) >= 11 is 0. The molecule has 86 valence electrons. The van der Waals surface area contributed by atoms with Gasteiger partial charge in [0.15, 0.2) is 0 Å². The molecule has 0 radical (unpaired) electrons. The van der Waals surface area contributed by atoms with E-state index in [-0.39, 0.29) is 0 Å². The van der Waals surface area contributed by atoms with Crippen molar-refractivity contribution in [3.63, 3.8) is 0 Å². The predicted octanol–water partition coefficient (Wildman–Crippen LogP) is 3.20. The molecule has 6 atom stereocenters. The summed E-state index contributed by atoms with van der Waals surface area (Å²) in [6.07, 6.45) is 9.16. The van der Waals surface area contributed by atoms with Crippen molar-refractivity contribution >= 4 is 0 Å². The van der Waals surface area contributed by atoms with E-state index in [1.165, 1.54) is 38.5 Å². The maximum Gasteiger partial charge on any atom is 0.00729 e. The first-order chi connectivity index (χ1) is 7.25. The Hall–Kier alpha value is -0.0400. The van der Waals surface area contributed by atoms with Crippen molar-refractivity contribution in [2.75, 3.05) is 0 Å². The van der Waals surface area contributed by atoms with Crippen molar-refractivity contribution in [1.82, 2.24) is 5.32 Å². The smallest absolute Gasteiger partial charge is 0.00729 e. The second-order valence-electron chi connectivity index (χ2n) is 6.35. The minimum absolute atomic E-state index is 0.785. The van der Waals surface area contributed by atoms with E-state index < -0.39 is 0 Å². The third-order valence-corrected chi connectivity index (χ3v) is 5.58. The Morgan fingerprint density at radius 1 is 0.800 bits per heavy atom. The molecule has 3 aliphatic rings. The molecule has 3 fully saturated rings. The van der Waals surface area contributed by atoms with Gasteiger partial charge in [-0.05, 0) is 50.4 Å². The molecule has 0 bridgehead atoms. The van der Waals surface area contributed by atoms with Gasteiger partial charge in [-0.15, -0.1) is 0 Å². The average molecular weight is 207 g/mol. The summed E-state index contributed by atoms with van der Waals surface area (Å²) in [4.78, 5) is 0. The summed E-state index contributed by atoms with van der Waals surface area (Å²) in [5.74, 6) is 4.18. The predicted molar refractivity (Wildman–Crippen MR) is 63.7 cm³/mol. The molecule has 15 heavy (non-hydrogen) atoms. The molecule has 1 saturated heterocycles. The van der Waals surface area contributed by atoms with Gasteiger partial charge in [0.25, 0.3) is 0 Å². The largest absolute Gasteiger partial charge is 0.311 e. The van der Waals surface area contributed by atoms with Crippen LogP contribution in [0.4, 0.5) is 0 Å². The first kappa shape index (κ1) is 10.1. The highest BCUT2D eigenvalue weighted by Gasteiger charge is 2.45. The fourth-order valence-corrected chi connectivity index (χ4v) is 4.77. The first-order valence-corrected chi connectivity index (χ1v) is 7.01. The Kier molecular flexibility index (Phi) is 2.54. The van der Waals surface area contributed by atoms with Crippen molar-refractivity contribution in [1.29, 1.82) is 0 Å². The second-order valence-corrected chi connectivity index (χ2v) is 6.35. The van der Waals surface area contributed by atoms with Crippen LogP contribution in [0.2, 0.25) is 0 Å². The van der Waals surface area contributed by atoms with E-state index in [0.29, 0.717) is 0 Å². The molecule has 2 saturated carbocycles. The minimum atomic E-state index is 0.785. The quantitative estimate of drug-likeness (QED) is 0.643. The van der Waals surface area contributed by atoms with Gasteiger partial charge in [0.2, 0.25) is 0 Å². The molecular formula is C14H25N. The number of rotatable bonds is 0. The van der Waals surface area contributed by atoms with Crippen LogP contribution in [0, 0.1) is 23.7 Å². The Morgan fingerprint density at radius 3 is 1.73 bits per heavy atom. The number of hydrogen-bond donors (Lipinski definition) is 1. The Balaban J connectivity index is 1.75. The molecular weight excluding hydrogens is 182 g/mol. The summed E-state index contributed by atoms with van der Waals surface area (Å²) < 4.78 is 0. The van der Waals surface area contributed by atoms with E-state index >= 15 is 0 Å². The Bertz CT molecular complexity index is 213. The normalized spacial score (nSPS) is 54.8. The molecule has 5 unspecified atom stereocenters. The maximum absolute atomic E-state index is 3.77. The second kappa shape index (κ2) is 3.76. The lowest BCUT2D eigenvalue weighted by atomic mass is 9.62. The van der Waals surface area contributed by atoms with Gasteiger partial charge >= 0.3 is 0 Å². The Morgan fingerprint density at radius 2 is 1.27 bits per heavy atom. The zero-order valence-corrected chi connectivity index (χ0v) is 10.2. The lowest BCUT2D eigenvalue weighted by molar-refractivity contribution is 0.0861. The molecule has 1 heterocycles. The first-order valence-electron chi connectivity index (χ1n) is 7.01. The molecule has 3 rings (SSSR count). The van der Waals surface area contributed by atoms with E-state index in [1.807, 2.05) is 0 Å². The van der Waals surface area contributed by atoms with E-state index in [1.54, 1.807) is 0 Å². The summed E-state index contributed by atoms with van der Waals surface area (Å²) in [7, 11) is 0. The summed E-state index contributed by atoms with van der Waals surface area (Å²) in [5.41, 5.74) is 0. The zero-order valence-electron chi connectivity index (χ0n) is 10.2. The highest BCUT2D eigenvalue weighted by molar-refractivity contribution is 4.99. The summed E-state index contributed by atoms with van der Waals surface area (Å²) in [5, 5.41) is 3.77. The van der Waals surface area contributed by atoms with Crippen LogP contribution < -0.4 is 5.32 Å². The molecule has 1 nitrogen and oxygen atoms in total. The highest BCUT2D eigenvalue weighted by Crippen LogP contribution is 2.49.